The maximum absolute atomic E-state index is 13.7. The minimum atomic E-state index is -0.803. The predicted octanol–water partition coefficient (Wildman–Crippen LogP) is 3.48. The third-order valence-electron chi connectivity index (χ3n) is 5.73. The van der Waals surface area contributed by atoms with E-state index in [9.17, 15) is 9.59 Å². The molecule has 0 aliphatic carbocycles. The second-order valence-corrected chi connectivity index (χ2v) is 9.22. The molecule has 2 aromatic carbocycles. The molecule has 8 nitrogen and oxygen atoms in total. The van der Waals surface area contributed by atoms with E-state index in [0.717, 1.165) is 5.56 Å². The Labute approximate surface area is 216 Å². The van der Waals surface area contributed by atoms with Gasteiger partial charge >= 0.3 is 5.97 Å². The maximum Gasteiger partial charge on any atom is 0.338 e. The molecule has 0 saturated carbocycles. The summed E-state index contributed by atoms with van der Waals surface area (Å²) >= 11 is 7.50. The first-order valence-electron chi connectivity index (χ1n) is 11.1. The van der Waals surface area contributed by atoms with E-state index in [2.05, 4.69) is 4.99 Å². The van der Waals surface area contributed by atoms with Crippen molar-refractivity contribution in [2.45, 2.75) is 19.9 Å². The molecule has 0 radical (unpaired) electrons. The van der Waals surface area contributed by atoms with Gasteiger partial charge in [-0.15, -0.1) is 0 Å². The SMILES string of the molecule is CCOC(=O)C1=C(C)N=c2s/c(=C/c3ccc(OC)c(Cl)c3)c(=O)n2[C@@H]1c1ccc(OC)cc1OC. The number of hydrogen-bond donors (Lipinski definition) is 0. The first kappa shape index (κ1) is 25.5. The molecule has 10 heteroatoms. The summed E-state index contributed by atoms with van der Waals surface area (Å²) in [5.74, 6) is 1.04. The Balaban J connectivity index is 1.97. The number of halogens is 1. The van der Waals surface area contributed by atoms with Crippen molar-refractivity contribution < 1.29 is 23.7 Å². The molecule has 0 unspecified atom stereocenters. The zero-order chi connectivity index (χ0) is 26.0. The van der Waals surface area contributed by atoms with Crippen LogP contribution in [-0.2, 0) is 9.53 Å². The van der Waals surface area contributed by atoms with Crippen LogP contribution < -0.4 is 29.1 Å². The van der Waals surface area contributed by atoms with E-state index in [4.69, 9.17) is 30.5 Å². The van der Waals surface area contributed by atoms with Gasteiger partial charge in [0.05, 0.1) is 48.8 Å². The summed E-state index contributed by atoms with van der Waals surface area (Å²) in [6.45, 7) is 3.65. The second kappa shape index (κ2) is 10.6. The first-order valence-corrected chi connectivity index (χ1v) is 12.3. The van der Waals surface area contributed by atoms with E-state index in [1.165, 1.54) is 30.1 Å². The van der Waals surface area contributed by atoms with Crippen molar-refractivity contribution in [2.75, 3.05) is 27.9 Å². The standard InChI is InChI=1S/C26H25ClN2O6S/c1-6-35-25(31)22-14(2)28-26-29(23(22)17-9-8-16(32-3)13-20(17)34-5)24(30)21(36-26)12-15-7-10-19(33-4)18(27)11-15/h7-13,23H,6H2,1-5H3/b21-12+/t23-/m1/s1. The van der Waals surface area contributed by atoms with Crippen LogP contribution in [0.4, 0.5) is 0 Å². The normalized spacial score (nSPS) is 15.3. The Morgan fingerprint density at radius 3 is 2.50 bits per heavy atom. The third-order valence-corrected chi connectivity index (χ3v) is 7.00. The number of hydrogen-bond acceptors (Lipinski definition) is 8. The summed E-state index contributed by atoms with van der Waals surface area (Å²) in [4.78, 5) is 31.9. The van der Waals surface area contributed by atoms with Crippen LogP contribution in [0.15, 0.2) is 57.5 Å². The average molecular weight is 529 g/mol. The largest absolute Gasteiger partial charge is 0.497 e. The molecule has 2 heterocycles. The number of fused-ring (bicyclic) bond motifs is 1. The first-order chi connectivity index (χ1) is 17.3. The van der Waals surface area contributed by atoms with E-state index >= 15 is 0 Å². The number of allylic oxidation sites excluding steroid dienone is 1. The molecule has 1 aromatic heterocycles. The number of thiazole rings is 1. The summed E-state index contributed by atoms with van der Waals surface area (Å²) < 4.78 is 23.5. The topological polar surface area (TPSA) is 88.4 Å². The Hall–Kier alpha value is -3.56. The molecule has 188 valence electrons. The zero-order valence-corrected chi connectivity index (χ0v) is 22.0. The third kappa shape index (κ3) is 4.64. The van der Waals surface area contributed by atoms with Gasteiger partial charge in [-0.1, -0.05) is 29.0 Å². The number of methoxy groups -OCH3 is 3. The molecule has 0 spiro atoms. The number of rotatable bonds is 7. The molecule has 36 heavy (non-hydrogen) atoms. The molecule has 3 aromatic rings. The van der Waals surface area contributed by atoms with E-state index < -0.39 is 12.0 Å². The zero-order valence-electron chi connectivity index (χ0n) is 20.5. The number of carbonyl (C=O) groups excluding carboxylic acids is 1. The van der Waals surface area contributed by atoms with Gasteiger partial charge in [-0.25, -0.2) is 9.79 Å². The fourth-order valence-corrected chi connectivity index (χ4v) is 5.37. The van der Waals surface area contributed by atoms with Crippen LogP contribution >= 0.6 is 22.9 Å². The summed E-state index contributed by atoms with van der Waals surface area (Å²) in [5.41, 5.74) is 1.77. The van der Waals surface area contributed by atoms with Crippen molar-refractivity contribution in [3.05, 3.63) is 83.5 Å². The van der Waals surface area contributed by atoms with E-state index in [1.54, 1.807) is 57.4 Å². The molecule has 0 fully saturated rings. The number of nitrogens with zero attached hydrogens (tertiary/aromatic N) is 2. The Morgan fingerprint density at radius 2 is 1.86 bits per heavy atom. The van der Waals surface area contributed by atoms with Crippen LogP contribution in [0.25, 0.3) is 6.08 Å². The Kier molecular flexibility index (Phi) is 7.51. The summed E-state index contributed by atoms with van der Waals surface area (Å²) in [6.07, 6.45) is 1.74. The number of carbonyl (C=O) groups is 1. The molecule has 0 bridgehead atoms. The quantitative estimate of drug-likeness (QED) is 0.436. The molecule has 1 aliphatic heterocycles. The lowest BCUT2D eigenvalue weighted by Crippen LogP contribution is -2.40. The van der Waals surface area contributed by atoms with Crippen molar-refractivity contribution in [3.63, 3.8) is 0 Å². The van der Waals surface area contributed by atoms with Gasteiger partial charge < -0.3 is 18.9 Å². The van der Waals surface area contributed by atoms with E-state index in [1.807, 2.05) is 6.07 Å². The highest BCUT2D eigenvalue weighted by molar-refractivity contribution is 7.07. The van der Waals surface area contributed by atoms with Crippen molar-refractivity contribution in [1.29, 1.82) is 0 Å². The molecule has 1 aliphatic rings. The molecular weight excluding hydrogens is 504 g/mol. The van der Waals surface area contributed by atoms with Gasteiger partial charge in [0.15, 0.2) is 4.80 Å². The van der Waals surface area contributed by atoms with Gasteiger partial charge in [0.2, 0.25) is 0 Å². The van der Waals surface area contributed by atoms with Crippen LogP contribution in [0.2, 0.25) is 5.02 Å². The van der Waals surface area contributed by atoms with Crippen LogP contribution in [0.3, 0.4) is 0 Å². The van der Waals surface area contributed by atoms with Crippen LogP contribution in [0.1, 0.15) is 31.0 Å². The molecular formula is C26H25ClN2O6S. The molecule has 0 amide bonds. The summed E-state index contributed by atoms with van der Waals surface area (Å²) in [5, 5.41) is 0.431. The minimum absolute atomic E-state index is 0.185. The van der Waals surface area contributed by atoms with Crippen molar-refractivity contribution in [3.8, 4) is 17.2 Å². The maximum atomic E-state index is 13.7. The van der Waals surface area contributed by atoms with Crippen LogP contribution in [0, 0.1) is 0 Å². The predicted molar refractivity (Wildman–Crippen MR) is 138 cm³/mol. The van der Waals surface area contributed by atoms with Gasteiger partial charge in [0, 0.05) is 11.6 Å². The van der Waals surface area contributed by atoms with Crippen molar-refractivity contribution in [2.24, 2.45) is 4.99 Å². The Morgan fingerprint density at radius 1 is 1.11 bits per heavy atom. The lowest BCUT2D eigenvalue weighted by Gasteiger charge is -2.26. The molecule has 0 saturated heterocycles. The highest BCUT2D eigenvalue weighted by Crippen LogP contribution is 2.37. The van der Waals surface area contributed by atoms with Gasteiger partial charge in [-0.2, -0.15) is 0 Å². The molecule has 1 atom stereocenters. The molecule has 4 rings (SSSR count). The van der Waals surface area contributed by atoms with Crippen LogP contribution in [-0.4, -0.2) is 38.5 Å². The average Bonchev–Trinajstić information content (AvgIpc) is 3.17. The van der Waals surface area contributed by atoms with Crippen molar-refractivity contribution in [1.82, 2.24) is 4.57 Å². The van der Waals surface area contributed by atoms with Crippen LogP contribution in [0.5, 0.6) is 17.2 Å². The van der Waals surface area contributed by atoms with E-state index in [0.29, 0.717) is 42.9 Å². The minimum Gasteiger partial charge on any atom is -0.497 e. The number of aromatic nitrogens is 1. The van der Waals surface area contributed by atoms with E-state index in [-0.39, 0.29) is 17.7 Å². The van der Waals surface area contributed by atoms with Gasteiger partial charge in [0.25, 0.3) is 5.56 Å². The number of benzene rings is 2. The van der Waals surface area contributed by atoms with Crippen molar-refractivity contribution >= 4 is 35.0 Å². The summed E-state index contributed by atoms with van der Waals surface area (Å²) in [6, 6.07) is 9.70. The van der Waals surface area contributed by atoms with Gasteiger partial charge in [-0.3, -0.25) is 9.36 Å². The fourth-order valence-electron chi connectivity index (χ4n) is 4.05. The smallest absolute Gasteiger partial charge is 0.338 e. The molecule has 0 N–H and O–H groups in total. The highest BCUT2D eigenvalue weighted by Gasteiger charge is 2.35. The number of esters is 1. The van der Waals surface area contributed by atoms with Gasteiger partial charge in [-0.05, 0) is 49.8 Å². The fraction of sp³-hybridized carbons (Fsp3) is 0.269. The second-order valence-electron chi connectivity index (χ2n) is 7.80. The highest BCUT2D eigenvalue weighted by atomic mass is 35.5. The lowest BCUT2D eigenvalue weighted by molar-refractivity contribution is -0.139. The lowest BCUT2D eigenvalue weighted by atomic mass is 9.95. The summed E-state index contributed by atoms with van der Waals surface area (Å²) in [7, 11) is 4.61. The number of ether oxygens (including phenoxy) is 4. The monoisotopic (exact) mass is 528 g/mol. The Bertz CT molecular complexity index is 1540. The van der Waals surface area contributed by atoms with Gasteiger partial charge in [0.1, 0.15) is 23.3 Å².